The molecule has 1 aromatic rings. The van der Waals surface area contributed by atoms with Gasteiger partial charge in [0, 0.05) is 12.6 Å². The van der Waals surface area contributed by atoms with Crippen LogP contribution < -0.4 is 5.32 Å². The molecular weight excluding hydrogens is 309 g/mol. The van der Waals surface area contributed by atoms with Crippen molar-refractivity contribution >= 4 is 33.0 Å². The van der Waals surface area contributed by atoms with Crippen molar-refractivity contribution in [1.29, 1.82) is 0 Å². The molecule has 2 unspecified atom stereocenters. The third-order valence-electron chi connectivity index (χ3n) is 3.29. The Morgan fingerprint density at radius 1 is 1.32 bits per heavy atom. The van der Waals surface area contributed by atoms with Gasteiger partial charge in [0.2, 0.25) is 0 Å². The van der Waals surface area contributed by atoms with Gasteiger partial charge in [-0.2, -0.15) is 0 Å². The van der Waals surface area contributed by atoms with Crippen LogP contribution in [0.4, 0.5) is 0 Å². The summed E-state index contributed by atoms with van der Waals surface area (Å²) in [6.45, 7) is 0.757. The number of ether oxygens (including phenoxy) is 1. The van der Waals surface area contributed by atoms with Crippen LogP contribution in [0.25, 0.3) is 0 Å². The quantitative estimate of drug-likeness (QED) is 0.926. The Hall–Kier alpha value is -0.330. The molecule has 2 rings (SSSR count). The number of sulfone groups is 1. The van der Waals surface area contributed by atoms with E-state index in [1.54, 1.807) is 7.05 Å². The summed E-state index contributed by atoms with van der Waals surface area (Å²) in [6, 6.07) is 4.24. The molecule has 0 radical (unpaired) electrons. The third-order valence-corrected chi connectivity index (χ3v) is 6.20. The highest BCUT2D eigenvalue weighted by Crippen LogP contribution is 2.28. The van der Waals surface area contributed by atoms with Gasteiger partial charge in [0.1, 0.15) is 5.25 Å². The average molecular weight is 324 g/mol. The Balaban J connectivity index is 2.37. The normalized spacial score (nSPS) is 24.4. The molecule has 7 heteroatoms. The second kappa shape index (κ2) is 5.97. The fourth-order valence-electron chi connectivity index (χ4n) is 2.18. The van der Waals surface area contributed by atoms with Crippen LogP contribution in [-0.2, 0) is 14.6 Å². The predicted octanol–water partition coefficient (Wildman–Crippen LogP) is 2.14. The molecule has 19 heavy (non-hydrogen) atoms. The summed E-state index contributed by atoms with van der Waals surface area (Å²) in [5.41, 5.74) is 0. The third kappa shape index (κ3) is 3.06. The minimum absolute atomic E-state index is 0.117. The lowest BCUT2D eigenvalue weighted by atomic mass is 10.1. The van der Waals surface area contributed by atoms with Crippen molar-refractivity contribution in [2.45, 2.75) is 22.6 Å². The summed E-state index contributed by atoms with van der Waals surface area (Å²) in [6.07, 6.45) is 0.668. The fourth-order valence-corrected chi connectivity index (χ4v) is 4.41. The van der Waals surface area contributed by atoms with Crippen LogP contribution in [0.3, 0.4) is 0 Å². The molecule has 0 amide bonds. The van der Waals surface area contributed by atoms with Gasteiger partial charge >= 0.3 is 0 Å². The summed E-state index contributed by atoms with van der Waals surface area (Å²) in [4.78, 5) is 0.178. The summed E-state index contributed by atoms with van der Waals surface area (Å²) in [5, 5.41) is 3.00. The van der Waals surface area contributed by atoms with E-state index in [1.807, 2.05) is 0 Å². The molecule has 0 saturated carbocycles. The van der Waals surface area contributed by atoms with Crippen LogP contribution in [0.15, 0.2) is 23.1 Å². The Bertz CT molecular complexity index is 562. The lowest BCUT2D eigenvalue weighted by Gasteiger charge is -2.30. The minimum Gasteiger partial charge on any atom is -0.380 e. The van der Waals surface area contributed by atoms with E-state index in [1.165, 1.54) is 18.2 Å². The Morgan fingerprint density at radius 2 is 2.05 bits per heavy atom. The monoisotopic (exact) mass is 323 g/mol. The molecule has 0 bridgehead atoms. The van der Waals surface area contributed by atoms with Gasteiger partial charge < -0.3 is 10.1 Å². The smallest absolute Gasteiger partial charge is 0.185 e. The van der Waals surface area contributed by atoms with E-state index >= 15 is 0 Å². The standard InChI is InChI=1S/C12H15Cl2NO3S/c1-15-11-4-5-18-7-12(11)19(16,17)8-2-3-9(13)10(14)6-8/h2-3,6,11-12,15H,4-5,7H2,1H3. The molecule has 1 fully saturated rings. The molecule has 4 nitrogen and oxygen atoms in total. The maximum Gasteiger partial charge on any atom is 0.185 e. The van der Waals surface area contributed by atoms with Crippen molar-refractivity contribution in [1.82, 2.24) is 5.32 Å². The molecule has 1 saturated heterocycles. The maximum absolute atomic E-state index is 12.6. The van der Waals surface area contributed by atoms with Gasteiger partial charge in [-0.25, -0.2) is 8.42 Å². The number of rotatable bonds is 3. The van der Waals surface area contributed by atoms with Crippen LogP contribution in [0.2, 0.25) is 10.0 Å². The Kier molecular flexibility index (Phi) is 4.74. The highest BCUT2D eigenvalue weighted by atomic mass is 35.5. The number of hydrogen-bond donors (Lipinski definition) is 1. The lowest BCUT2D eigenvalue weighted by Crippen LogP contribution is -2.49. The lowest BCUT2D eigenvalue weighted by molar-refractivity contribution is 0.0825. The van der Waals surface area contributed by atoms with E-state index in [9.17, 15) is 8.42 Å². The number of hydrogen-bond acceptors (Lipinski definition) is 4. The van der Waals surface area contributed by atoms with Crippen LogP contribution in [0.1, 0.15) is 6.42 Å². The van der Waals surface area contributed by atoms with Crippen LogP contribution in [0, 0.1) is 0 Å². The zero-order valence-electron chi connectivity index (χ0n) is 10.4. The van der Waals surface area contributed by atoms with E-state index in [4.69, 9.17) is 27.9 Å². The number of benzene rings is 1. The van der Waals surface area contributed by atoms with E-state index in [0.717, 1.165) is 0 Å². The van der Waals surface area contributed by atoms with Gasteiger partial charge in [-0.05, 0) is 31.7 Å². The summed E-state index contributed by atoms with van der Waals surface area (Å²) in [5.74, 6) is 0. The summed E-state index contributed by atoms with van der Waals surface area (Å²) in [7, 11) is -1.74. The summed E-state index contributed by atoms with van der Waals surface area (Å²) >= 11 is 11.7. The molecule has 0 aromatic heterocycles. The van der Waals surface area contributed by atoms with Crippen molar-refractivity contribution in [3.8, 4) is 0 Å². The zero-order chi connectivity index (χ0) is 14.0. The van der Waals surface area contributed by atoms with Gasteiger partial charge in [0.15, 0.2) is 9.84 Å². The van der Waals surface area contributed by atoms with Crippen molar-refractivity contribution in [2.75, 3.05) is 20.3 Å². The van der Waals surface area contributed by atoms with Gasteiger partial charge in [-0.3, -0.25) is 0 Å². The molecule has 106 valence electrons. The van der Waals surface area contributed by atoms with E-state index in [-0.39, 0.29) is 22.6 Å². The first-order chi connectivity index (χ1) is 8.96. The highest BCUT2D eigenvalue weighted by molar-refractivity contribution is 7.92. The molecule has 0 aliphatic carbocycles. The fraction of sp³-hybridized carbons (Fsp3) is 0.500. The molecule has 1 heterocycles. The van der Waals surface area contributed by atoms with Crippen LogP contribution in [-0.4, -0.2) is 40.0 Å². The number of nitrogens with one attached hydrogen (secondary N) is 1. The first-order valence-electron chi connectivity index (χ1n) is 5.91. The van der Waals surface area contributed by atoms with Gasteiger partial charge in [0.05, 0.1) is 21.5 Å². The second-order valence-electron chi connectivity index (χ2n) is 4.42. The molecule has 1 aromatic carbocycles. The van der Waals surface area contributed by atoms with Crippen LogP contribution >= 0.6 is 23.2 Å². The topological polar surface area (TPSA) is 55.4 Å². The Labute approximate surface area is 123 Å². The van der Waals surface area contributed by atoms with Gasteiger partial charge in [0.25, 0.3) is 0 Å². The van der Waals surface area contributed by atoms with E-state index in [0.29, 0.717) is 18.1 Å². The van der Waals surface area contributed by atoms with Gasteiger partial charge in [-0.15, -0.1) is 0 Å². The zero-order valence-corrected chi connectivity index (χ0v) is 12.7. The minimum atomic E-state index is -3.49. The maximum atomic E-state index is 12.6. The molecule has 2 atom stereocenters. The van der Waals surface area contributed by atoms with Crippen LogP contribution in [0.5, 0.6) is 0 Å². The van der Waals surface area contributed by atoms with E-state index < -0.39 is 15.1 Å². The van der Waals surface area contributed by atoms with Crippen molar-refractivity contribution in [2.24, 2.45) is 0 Å². The molecule has 1 aliphatic rings. The highest BCUT2D eigenvalue weighted by Gasteiger charge is 2.36. The Morgan fingerprint density at radius 3 is 2.68 bits per heavy atom. The summed E-state index contributed by atoms with van der Waals surface area (Å²) < 4.78 is 30.5. The molecule has 1 N–H and O–H groups in total. The second-order valence-corrected chi connectivity index (χ2v) is 7.40. The SMILES string of the molecule is CNC1CCOCC1S(=O)(=O)c1ccc(Cl)c(Cl)c1. The predicted molar refractivity (Wildman–Crippen MR) is 75.7 cm³/mol. The first-order valence-corrected chi connectivity index (χ1v) is 8.21. The van der Waals surface area contributed by atoms with E-state index in [2.05, 4.69) is 5.32 Å². The van der Waals surface area contributed by atoms with Crippen molar-refractivity contribution in [3.63, 3.8) is 0 Å². The number of halogens is 2. The van der Waals surface area contributed by atoms with Crippen molar-refractivity contribution < 1.29 is 13.2 Å². The molecular formula is C12H15Cl2NO3S. The average Bonchev–Trinajstić information content (AvgIpc) is 2.41. The first kappa shape index (κ1) is 15.1. The largest absolute Gasteiger partial charge is 0.380 e. The van der Waals surface area contributed by atoms with Gasteiger partial charge in [-0.1, -0.05) is 23.2 Å². The molecule has 1 aliphatic heterocycles. The molecule has 0 spiro atoms. The van der Waals surface area contributed by atoms with Crippen molar-refractivity contribution in [3.05, 3.63) is 28.2 Å².